The molecule has 0 saturated heterocycles. The molecule has 0 aliphatic rings. The van der Waals surface area contributed by atoms with Gasteiger partial charge in [0.05, 0.1) is 0 Å². The Kier molecular flexibility index (Phi) is 5.34. The molecule has 1 aromatic carbocycles. The Hall–Kier alpha value is -1.63. The molecule has 1 N–H and O–H groups in total. The molecule has 1 aromatic heterocycles. The fraction of sp³-hybridized carbons (Fsp3) is 0.353. The largest absolute Gasteiger partial charge is 0.310 e. The van der Waals surface area contributed by atoms with E-state index < -0.39 is 0 Å². The third kappa shape index (κ3) is 3.47. The molecule has 20 heavy (non-hydrogen) atoms. The summed E-state index contributed by atoms with van der Waals surface area (Å²) in [5.41, 5.74) is 2.52. The number of thiophene rings is 1. The standard InChI is InChI=1S/C17H20N2S/c1-3-10-19-16(4-2)13-6-5-7-14(11-13)17-9-8-15(12-18)20-17/h5-9,11,16,19H,3-4,10H2,1-2H3. The van der Waals surface area contributed by atoms with Gasteiger partial charge in [-0.2, -0.15) is 5.26 Å². The summed E-state index contributed by atoms with van der Waals surface area (Å²) in [6, 6.07) is 15.2. The van der Waals surface area contributed by atoms with Gasteiger partial charge < -0.3 is 5.32 Å². The summed E-state index contributed by atoms with van der Waals surface area (Å²) in [6.07, 6.45) is 2.23. The molecule has 1 atom stereocenters. The number of nitrogens with one attached hydrogen (secondary N) is 1. The predicted octanol–water partition coefficient (Wildman–Crippen LogP) is 4.74. The summed E-state index contributed by atoms with van der Waals surface area (Å²) in [6.45, 7) is 5.43. The predicted molar refractivity (Wildman–Crippen MR) is 85.8 cm³/mol. The van der Waals surface area contributed by atoms with Crippen molar-refractivity contribution in [1.82, 2.24) is 5.32 Å². The van der Waals surface area contributed by atoms with E-state index in [1.807, 2.05) is 12.1 Å². The zero-order valence-electron chi connectivity index (χ0n) is 12.0. The Balaban J connectivity index is 2.24. The molecule has 2 aromatic rings. The van der Waals surface area contributed by atoms with Gasteiger partial charge in [-0.15, -0.1) is 11.3 Å². The molecule has 0 aliphatic carbocycles. The molecule has 0 aliphatic heterocycles. The minimum Gasteiger partial charge on any atom is -0.310 e. The van der Waals surface area contributed by atoms with Gasteiger partial charge in [-0.3, -0.25) is 0 Å². The van der Waals surface area contributed by atoms with Crippen molar-refractivity contribution in [2.24, 2.45) is 0 Å². The van der Waals surface area contributed by atoms with E-state index in [0.29, 0.717) is 6.04 Å². The van der Waals surface area contributed by atoms with Crippen molar-refractivity contribution in [2.75, 3.05) is 6.54 Å². The van der Waals surface area contributed by atoms with Gasteiger partial charge >= 0.3 is 0 Å². The second-order valence-electron chi connectivity index (χ2n) is 4.82. The molecule has 0 bridgehead atoms. The van der Waals surface area contributed by atoms with E-state index >= 15 is 0 Å². The lowest BCUT2D eigenvalue weighted by Crippen LogP contribution is -2.21. The smallest absolute Gasteiger partial charge is 0.110 e. The molecule has 1 heterocycles. The fourth-order valence-electron chi connectivity index (χ4n) is 2.28. The van der Waals surface area contributed by atoms with Gasteiger partial charge in [-0.05, 0) is 48.7 Å². The van der Waals surface area contributed by atoms with Crippen molar-refractivity contribution in [3.8, 4) is 16.5 Å². The molecular formula is C17H20N2S. The number of benzene rings is 1. The zero-order chi connectivity index (χ0) is 14.4. The minimum absolute atomic E-state index is 0.408. The first-order valence-electron chi connectivity index (χ1n) is 7.12. The van der Waals surface area contributed by atoms with Crippen LogP contribution >= 0.6 is 11.3 Å². The summed E-state index contributed by atoms with van der Waals surface area (Å²) >= 11 is 1.55. The number of nitrogens with zero attached hydrogens (tertiary/aromatic N) is 1. The summed E-state index contributed by atoms with van der Waals surface area (Å²) in [5.74, 6) is 0. The quantitative estimate of drug-likeness (QED) is 0.831. The summed E-state index contributed by atoms with van der Waals surface area (Å²) < 4.78 is 0. The molecule has 0 spiro atoms. The molecule has 0 fully saturated rings. The second-order valence-corrected chi connectivity index (χ2v) is 5.90. The van der Waals surface area contributed by atoms with Crippen LogP contribution in [0.15, 0.2) is 36.4 Å². The number of hydrogen-bond acceptors (Lipinski definition) is 3. The van der Waals surface area contributed by atoms with Crippen LogP contribution in [0.25, 0.3) is 10.4 Å². The van der Waals surface area contributed by atoms with Crippen molar-refractivity contribution < 1.29 is 0 Å². The van der Waals surface area contributed by atoms with Crippen molar-refractivity contribution in [2.45, 2.75) is 32.7 Å². The maximum absolute atomic E-state index is 8.93. The van der Waals surface area contributed by atoms with E-state index in [1.165, 1.54) is 11.1 Å². The first kappa shape index (κ1) is 14.8. The maximum Gasteiger partial charge on any atom is 0.110 e. The Morgan fingerprint density at radius 3 is 2.75 bits per heavy atom. The highest BCUT2D eigenvalue weighted by Crippen LogP contribution is 2.30. The monoisotopic (exact) mass is 284 g/mol. The molecule has 1 unspecified atom stereocenters. The highest BCUT2D eigenvalue weighted by Gasteiger charge is 2.10. The van der Waals surface area contributed by atoms with Gasteiger partial charge in [0.25, 0.3) is 0 Å². The molecule has 3 heteroatoms. The third-order valence-corrected chi connectivity index (χ3v) is 4.38. The van der Waals surface area contributed by atoms with E-state index in [0.717, 1.165) is 29.1 Å². The van der Waals surface area contributed by atoms with Crippen molar-refractivity contribution in [3.05, 3.63) is 46.8 Å². The second kappa shape index (κ2) is 7.23. The van der Waals surface area contributed by atoms with Crippen molar-refractivity contribution in [1.29, 1.82) is 5.26 Å². The Morgan fingerprint density at radius 1 is 1.25 bits per heavy atom. The van der Waals surface area contributed by atoms with Crippen LogP contribution in [0.2, 0.25) is 0 Å². The molecule has 0 amide bonds. The number of hydrogen-bond donors (Lipinski definition) is 1. The lowest BCUT2D eigenvalue weighted by atomic mass is 10.0. The minimum atomic E-state index is 0.408. The Morgan fingerprint density at radius 2 is 2.10 bits per heavy atom. The van der Waals surface area contributed by atoms with E-state index in [9.17, 15) is 0 Å². The fourth-order valence-corrected chi connectivity index (χ4v) is 3.08. The van der Waals surface area contributed by atoms with E-state index in [-0.39, 0.29) is 0 Å². The zero-order valence-corrected chi connectivity index (χ0v) is 12.8. The maximum atomic E-state index is 8.93. The summed E-state index contributed by atoms with van der Waals surface area (Å²) in [5, 5.41) is 12.5. The van der Waals surface area contributed by atoms with Crippen molar-refractivity contribution >= 4 is 11.3 Å². The van der Waals surface area contributed by atoms with Crippen LogP contribution in [0, 0.1) is 11.3 Å². The average Bonchev–Trinajstić information content (AvgIpc) is 2.97. The molecule has 2 nitrogen and oxygen atoms in total. The molecule has 0 radical (unpaired) electrons. The van der Waals surface area contributed by atoms with Crippen molar-refractivity contribution in [3.63, 3.8) is 0 Å². The molecule has 0 saturated carbocycles. The normalized spacial score (nSPS) is 12.1. The van der Waals surface area contributed by atoms with Gasteiger partial charge in [0.1, 0.15) is 10.9 Å². The first-order valence-corrected chi connectivity index (χ1v) is 7.93. The summed E-state index contributed by atoms with van der Waals surface area (Å²) in [7, 11) is 0. The first-order chi connectivity index (χ1) is 9.78. The lowest BCUT2D eigenvalue weighted by Gasteiger charge is -2.17. The molecule has 104 valence electrons. The Labute approximate surface area is 125 Å². The SMILES string of the molecule is CCCNC(CC)c1cccc(-c2ccc(C#N)s2)c1. The van der Waals surface area contributed by atoms with Gasteiger partial charge in [-0.1, -0.05) is 32.0 Å². The van der Waals surface area contributed by atoms with E-state index in [4.69, 9.17) is 5.26 Å². The van der Waals surface area contributed by atoms with Gasteiger partial charge in [-0.25, -0.2) is 0 Å². The van der Waals surface area contributed by atoms with Crippen LogP contribution in [0.5, 0.6) is 0 Å². The number of nitriles is 1. The van der Waals surface area contributed by atoms with Gasteiger partial charge in [0.15, 0.2) is 0 Å². The number of rotatable bonds is 6. The van der Waals surface area contributed by atoms with Crippen LogP contribution in [-0.2, 0) is 0 Å². The van der Waals surface area contributed by atoms with Crippen LogP contribution in [-0.4, -0.2) is 6.54 Å². The average molecular weight is 284 g/mol. The molecule has 2 rings (SSSR count). The van der Waals surface area contributed by atoms with Crippen LogP contribution in [0.3, 0.4) is 0 Å². The lowest BCUT2D eigenvalue weighted by molar-refractivity contribution is 0.518. The van der Waals surface area contributed by atoms with Crippen LogP contribution in [0.4, 0.5) is 0 Å². The van der Waals surface area contributed by atoms with E-state index in [2.05, 4.69) is 49.5 Å². The highest BCUT2D eigenvalue weighted by atomic mass is 32.1. The molecular weight excluding hydrogens is 264 g/mol. The van der Waals surface area contributed by atoms with Crippen LogP contribution in [0.1, 0.15) is 43.2 Å². The van der Waals surface area contributed by atoms with Crippen LogP contribution < -0.4 is 5.32 Å². The van der Waals surface area contributed by atoms with E-state index in [1.54, 1.807) is 11.3 Å². The highest BCUT2D eigenvalue weighted by molar-refractivity contribution is 7.16. The topological polar surface area (TPSA) is 35.8 Å². The third-order valence-electron chi connectivity index (χ3n) is 3.34. The summed E-state index contributed by atoms with van der Waals surface area (Å²) in [4.78, 5) is 1.93. The Bertz CT molecular complexity index is 595. The van der Waals surface area contributed by atoms with Gasteiger partial charge in [0.2, 0.25) is 0 Å². The van der Waals surface area contributed by atoms with Gasteiger partial charge in [0, 0.05) is 10.9 Å².